The first kappa shape index (κ1) is 19.6. The van der Waals surface area contributed by atoms with Crippen LogP contribution in [0.15, 0.2) is 30.5 Å². The molecule has 0 radical (unpaired) electrons. The predicted molar refractivity (Wildman–Crippen MR) is 107 cm³/mol. The van der Waals surface area contributed by atoms with Crippen molar-refractivity contribution >= 4 is 11.9 Å². The lowest BCUT2D eigenvalue weighted by Gasteiger charge is -2.35. The number of hydrogen-bond acceptors (Lipinski definition) is 4. The van der Waals surface area contributed by atoms with Gasteiger partial charge in [-0.05, 0) is 56.7 Å². The Bertz CT molecular complexity index is 915. The maximum atomic E-state index is 13.1. The van der Waals surface area contributed by atoms with Gasteiger partial charge in [0.1, 0.15) is 0 Å². The molecule has 7 nitrogen and oxygen atoms in total. The van der Waals surface area contributed by atoms with Crippen molar-refractivity contribution in [1.82, 2.24) is 14.7 Å². The number of nitrogens with zero attached hydrogens (tertiary/aromatic N) is 3. The van der Waals surface area contributed by atoms with Gasteiger partial charge in [-0.15, -0.1) is 0 Å². The molecule has 7 heteroatoms. The molecule has 1 N–H and O–H groups in total. The van der Waals surface area contributed by atoms with E-state index in [1.807, 2.05) is 43.0 Å². The number of aliphatic carboxylic acids is 1. The Labute approximate surface area is 170 Å². The first-order chi connectivity index (χ1) is 14.0. The molecule has 0 aliphatic carbocycles. The Balaban J connectivity index is 1.43. The fraction of sp³-hybridized carbons (Fsp3) is 0.500. The number of carbonyl (C=O) groups is 2. The number of ether oxygens (including phenoxy) is 1. The highest BCUT2D eigenvalue weighted by Gasteiger charge is 2.41. The lowest BCUT2D eigenvalue weighted by Crippen LogP contribution is -2.43. The summed E-state index contributed by atoms with van der Waals surface area (Å²) in [4.78, 5) is 26.4. The van der Waals surface area contributed by atoms with E-state index in [9.17, 15) is 14.7 Å². The summed E-state index contributed by atoms with van der Waals surface area (Å²) in [6, 6.07) is 8.03. The highest BCUT2D eigenvalue weighted by Crippen LogP contribution is 2.33. The van der Waals surface area contributed by atoms with Crippen LogP contribution in [0.1, 0.15) is 40.9 Å². The number of rotatable bonds is 4. The van der Waals surface area contributed by atoms with E-state index in [2.05, 4.69) is 5.10 Å². The molecule has 2 fully saturated rings. The second kappa shape index (κ2) is 7.99. The predicted octanol–water partition coefficient (Wildman–Crippen LogP) is 2.83. The third-order valence-electron chi connectivity index (χ3n) is 6.23. The van der Waals surface area contributed by atoms with E-state index < -0.39 is 11.9 Å². The number of amides is 1. The van der Waals surface area contributed by atoms with Gasteiger partial charge >= 0.3 is 5.97 Å². The highest BCUT2D eigenvalue weighted by molar-refractivity contribution is 5.95. The molecule has 1 aromatic carbocycles. The van der Waals surface area contributed by atoms with E-state index in [1.165, 1.54) is 0 Å². The van der Waals surface area contributed by atoms with E-state index >= 15 is 0 Å². The molecule has 1 unspecified atom stereocenters. The minimum atomic E-state index is -0.773. The zero-order valence-electron chi connectivity index (χ0n) is 16.9. The van der Waals surface area contributed by atoms with E-state index in [4.69, 9.17) is 4.74 Å². The molecule has 3 heterocycles. The quantitative estimate of drug-likeness (QED) is 0.858. The lowest BCUT2D eigenvalue weighted by molar-refractivity contribution is -0.145. The van der Waals surface area contributed by atoms with Crippen LogP contribution in [0.25, 0.3) is 5.69 Å². The molecule has 0 saturated carbocycles. The molecule has 0 bridgehead atoms. The maximum Gasteiger partial charge on any atom is 0.309 e. The molecule has 2 saturated heterocycles. The monoisotopic (exact) mass is 397 g/mol. The van der Waals surface area contributed by atoms with E-state index in [-0.39, 0.29) is 17.9 Å². The third kappa shape index (κ3) is 3.79. The summed E-state index contributed by atoms with van der Waals surface area (Å²) in [5, 5.41) is 13.8. The average Bonchev–Trinajstić information content (AvgIpc) is 3.35. The standard InChI is InChI=1S/C22H27N3O4/c1-14-4-3-5-17(12-14)25-15(2)19(13-23-25)21(26)24-9-6-16(7-10-24)20-18(22(27)28)8-11-29-20/h3-5,12-13,16,18,20H,6-11H2,1-2H3,(H,27,28)/t18?,20-/m0/s1. The summed E-state index contributed by atoms with van der Waals surface area (Å²) in [6.07, 6.45) is 3.54. The van der Waals surface area contributed by atoms with Crippen molar-refractivity contribution in [3.05, 3.63) is 47.3 Å². The Morgan fingerprint density at radius 1 is 1.17 bits per heavy atom. The zero-order chi connectivity index (χ0) is 20.5. The first-order valence-electron chi connectivity index (χ1n) is 10.2. The summed E-state index contributed by atoms with van der Waals surface area (Å²) in [5.41, 5.74) is 3.53. The van der Waals surface area contributed by atoms with Gasteiger partial charge in [0.25, 0.3) is 5.91 Å². The number of carboxylic acids is 1. The molecule has 29 heavy (non-hydrogen) atoms. The number of piperidine rings is 1. The third-order valence-corrected chi connectivity index (χ3v) is 6.23. The van der Waals surface area contributed by atoms with Crippen LogP contribution in [0, 0.1) is 25.7 Å². The summed E-state index contributed by atoms with van der Waals surface area (Å²) < 4.78 is 7.53. The number of carboxylic acid groups (broad SMARTS) is 1. The summed E-state index contributed by atoms with van der Waals surface area (Å²) in [5.74, 6) is -1.01. The van der Waals surface area contributed by atoms with Crippen molar-refractivity contribution in [3.8, 4) is 5.69 Å². The average molecular weight is 397 g/mol. The van der Waals surface area contributed by atoms with Crippen molar-refractivity contribution < 1.29 is 19.4 Å². The molecule has 2 aromatic rings. The summed E-state index contributed by atoms with van der Waals surface area (Å²) in [6.45, 7) is 5.69. The topological polar surface area (TPSA) is 84.7 Å². The number of benzene rings is 1. The van der Waals surface area contributed by atoms with Gasteiger partial charge in [0, 0.05) is 19.7 Å². The van der Waals surface area contributed by atoms with Crippen LogP contribution in [0.3, 0.4) is 0 Å². The van der Waals surface area contributed by atoms with Gasteiger partial charge in [0.2, 0.25) is 0 Å². The van der Waals surface area contributed by atoms with Crippen LogP contribution in [0.4, 0.5) is 0 Å². The van der Waals surface area contributed by atoms with Gasteiger partial charge in [0.05, 0.1) is 35.2 Å². The summed E-state index contributed by atoms with van der Waals surface area (Å²) in [7, 11) is 0. The molecule has 154 valence electrons. The Morgan fingerprint density at radius 2 is 1.93 bits per heavy atom. The second-order valence-electron chi connectivity index (χ2n) is 8.09. The molecule has 1 aromatic heterocycles. The molecular formula is C22H27N3O4. The largest absolute Gasteiger partial charge is 0.481 e. The Hall–Kier alpha value is -2.67. The zero-order valence-corrected chi connectivity index (χ0v) is 16.9. The van der Waals surface area contributed by atoms with Crippen LogP contribution >= 0.6 is 0 Å². The van der Waals surface area contributed by atoms with Gasteiger partial charge in [-0.3, -0.25) is 9.59 Å². The van der Waals surface area contributed by atoms with Crippen LogP contribution in [-0.2, 0) is 9.53 Å². The number of aromatic nitrogens is 2. The van der Waals surface area contributed by atoms with Gasteiger partial charge in [-0.1, -0.05) is 12.1 Å². The van der Waals surface area contributed by atoms with E-state index in [0.29, 0.717) is 31.7 Å². The molecule has 1 amide bonds. The van der Waals surface area contributed by atoms with Crippen molar-refractivity contribution in [3.63, 3.8) is 0 Å². The second-order valence-corrected chi connectivity index (χ2v) is 8.09. The molecule has 0 spiro atoms. The Kier molecular flexibility index (Phi) is 5.41. The molecule has 2 aliphatic rings. The normalized spacial score (nSPS) is 22.8. The number of carbonyl (C=O) groups excluding carboxylic acids is 1. The van der Waals surface area contributed by atoms with Crippen LogP contribution < -0.4 is 0 Å². The van der Waals surface area contributed by atoms with Gasteiger partial charge < -0.3 is 14.7 Å². The summed E-state index contributed by atoms with van der Waals surface area (Å²) >= 11 is 0. The highest BCUT2D eigenvalue weighted by atomic mass is 16.5. The van der Waals surface area contributed by atoms with Gasteiger partial charge in [-0.25, -0.2) is 4.68 Å². The lowest BCUT2D eigenvalue weighted by atomic mass is 9.84. The van der Waals surface area contributed by atoms with Crippen molar-refractivity contribution in [2.24, 2.45) is 11.8 Å². The number of likely N-dealkylation sites (tertiary alicyclic amines) is 1. The van der Waals surface area contributed by atoms with Crippen molar-refractivity contribution in [1.29, 1.82) is 0 Å². The Morgan fingerprint density at radius 3 is 2.62 bits per heavy atom. The smallest absolute Gasteiger partial charge is 0.309 e. The molecule has 2 atom stereocenters. The molecule has 2 aliphatic heterocycles. The fourth-order valence-corrected chi connectivity index (χ4v) is 4.58. The minimum Gasteiger partial charge on any atom is -0.481 e. The van der Waals surface area contributed by atoms with Gasteiger partial charge in [0.15, 0.2) is 0 Å². The SMILES string of the molecule is Cc1cccc(-n2ncc(C(=O)N3CCC([C@@H]4OCCC4C(=O)O)CC3)c2C)c1. The van der Waals surface area contributed by atoms with Crippen LogP contribution in [0.2, 0.25) is 0 Å². The van der Waals surface area contributed by atoms with E-state index in [0.717, 1.165) is 29.8 Å². The fourth-order valence-electron chi connectivity index (χ4n) is 4.58. The van der Waals surface area contributed by atoms with Crippen molar-refractivity contribution in [2.45, 2.75) is 39.2 Å². The van der Waals surface area contributed by atoms with Gasteiger partial charge in [-0.2, -0.15) is 5.10 Å². The maximum absolute atomic E-state index is 13.1. The molecule has 4 rings (SSSR count). The first-order valence-corrected chi connectivity index (χ1v) is 10.2. The number of hydrogen-bond donors (Lipinski definition) is 1. The van der Waals surface area contributed by atoms with E-state index in [1.54, 1.807) is 10.9 Å². The minimum absolute atomic E-state index is 0.0121. The van der Waals surface area contributed by atoms with Crippen LogP contribution in [-0.4, -0.2) is 57.5 Å². The van der Waals surface area contributed by atoms with Crippen molar-refractivity contribution in [2.75, 3.05) is 19.7 Å². The number of aryl methyl sites for hydroxylation is 1. The van der Waals surface area contributed by atoms with Crippen LogP contribution in [0.5, 0.6) is 0 Å². The molecular weight excluding hydrogens is 370 g/mol.